The van der Waals surface area contributed by atoms with Crippen LogP contribution in [0.3, 0.4) is 0 Å². The van der Waals surface area contributed by atoms with Crippen LogP contribution in [0, 0.1) is 11.3 Å². The predicted molar refractivity (Wildman–Crippen MR) is 114 cm³/mol. The summed E-state index contributed by atoms with van der Waals surface area (Å²) in [6.45, 7) is 5.96. The number of nitrogens with one attached hydrogen (secondary N) is 1. The van der Waals surface area contributed by atoms with Crippen molar-refractivity contribution in [2.45, 2.75) is 37.8 Å². The monoisotopic (exact) mass is 432 g/mol. The van der Waals surface area contributed by atoms with Crippen LogP contribution < -0.4 is 5.32 Å². The van der Waals surface area contributed by atoms with Crippen molar-refractivity contribution >= 4 is 32.3 Å². The summed E-state index contributed by atoms with van der Waals surface area (Å²) >= 11 is 1.44. The fraction of sp³-hybridized carbons (Fsp3) is 0.400. The Morgan fingerprint density at radius 1 is 1.28 bits per heavy atom. The summed E-state index contributed by atoms with van der Waals surface area (Å²) in [7, 11) is -0.634. The van der Waals surface area contributed by atoms with E-state index in [0.717, 1.165) is 34.3 Å². The second-order valence-electron chi connectivity index (χ2n) is 7.40. The van der Waals surface area contributed by atoms with Crippen LogP contribution in [-0.4, -0.2) is 50.2 Å². The first kappa shape index (κ1) is 21.5. The van der Waals surface area contributed by atoms with Crippen molar-refractivity contribution < 1.29 is 13.2 Å². The van der Waals surface area contributed by atoms with Crippen molar-refractivity contribution in [2.75, 3.05) is 26.0 Å². The van der Waals surface area contributed by atoms with Gasteiger partial charge in [-0.3, -0.25) is 9.69 Å². The van der Waals surface area contributed by atoms with Crippen LogP contribution in [0.2, 0.25) is 0 Å². The molecule has 154 valence electrons. The molecule has 1 N–H and O–H groups in total. The van der Waals surface area contributed by atoms with Crippen LogP contribution in [0.5, 0.6) is 0 Å². The molecule has 0 radical (unpaired) electrons. The van der Waals surface area contributed by atoms with Crippen LogP contribution in [0.25, 0.3) is 0 Å². The van der Waals surface area contributed by atoms with E-state index >= 15 is 0 Å². The lowest BCUT2D eigenvalue weighted by Crippen LogP contribution is -2.35. The van der Waals surface area contributed by atoms with Crippen LogP contribution in [-0.2, 0) is 23.0 Å². The third-order valence-electron chi connectivity index (χ3n) is 5.05. The van der Waals surface area contributed by atoms with Gasteiger partial charge in [0.1, 0.15) is 11.1 Å². The molecule has 1 aliphatic heterocycles. The van der Waals surface area contributed by atoms with Crippen LogP contribution >= 0.6 is 11.3 Å². The van der Waals surface area contributed by atoms with E-state index < -0.39 is 10.0 Å². The van der Waals surface area contributed by atoms with Gasteiger partial charge in [-0.15, -0.1) is 11.3 Å². The molecule has 9 heteroatoms. The zero-order chi connectivity index (χ0) is 21.3. The molecule has 0 saturated carbocycles. The highest BCUT2D eigenvalue weighted by Gasteiger charge is 2.26. The molecule has 0 unspecified atom stereocenters. The fourth-order valence-electron chi connectivity index (χ4n) is 3.23. The smallest absolute Gasteiger partial charge is 0.256 e. The SMILES string of the molecule is CC(C)N1CCc2c(sc(NC(=O)c3ccc(S(=O)(=O)N(C)C)cc3)c2C#N)C1. The highest BCUT2D eigenvalue weighted by atomic mass is 32.2. The number of hydrogen-bond donors (Lipinski definition) is 1. The average Bonchev–Trinajstić information content (AvgIpc) is 3.03. The molecule has 1 aromatic heterocycles. The fourth-order valence-corrected chi connectivity index (χ4v) is 5.36. The third-order valence-corrected chi connectivity index (χ3v) is 8.01. The van der Waals surface area contributed by atoms with Crippen molar-refractivity contribution in [1.29, 1.82) is 5.26 Å². The minimum atomic E-state index is -3.55. The minimum Gasteiger partial charge on any atom is -0.312 e. The van der Waals surface area contributed by atoms with E-state index in [9.17, 15) is 18.5 Å². The van der Waals surface area contributed by atoms with Crippen LogP contribution in [0.4, 0.5) is 5.00 Å². The average molecular weight is 433 g/mol. The van der Waals surface area contributed by atoms with Crippen molar-refractivity contribution in [2.24, 2.45) is 0 Å². The van der Waals surface area contributed by atoms with Crippen molar-refractivity contribution in [1.82, 2.24) is 9.21 Å². The van der Waals surface area contributed by atoms with E-state index in [4.69, 9.17) is 0 Å². The number of hydrogen-bond acceptors (Lipinski definition) is 6. The predicted octanol–water partition coefficient (Wildman–Crippen LogP) is 2.89. The lowest BCUT2D eigenvalue weighted by Gasteiger charge is -2.30. The van der Waals surface area contributed by atoms with Crippen molar-refractivity contribution in [3.8, 4) is 6.07 Å². The van der Waals surface area contributed by atoms with Crippen molar-refractivity contribution in [3.63, 3.8) is 0 Å². The van der Waals surface area contributed by atoms with Gasteiger partial charge in [-0.05, 0) is 50.1 Å². The number of benzene rings is 1. The number of nitriles is 1. The number of carbonyl (C=O) groups is 1. The second-order valence-corrected chi connectivity index (χ2v) is 10.7. The molecular weight excluding hydrogens is 408 g/mol. The Morgan fingerprint density at radius 2 is 1.93 bits per heavy atom. The summed E-state index contributed by atoms with van der Waals surface area (Å²) < 4.78 is 25.4. The summed E-state index contributed by atoms with van der Waals surface area (Å²) in [6.07, 6.45) is 0.792. The summed E-state index contributed by atoms with van der Waals surface area (Å²) in [5.74, 6) is -0.366. The third kappa shape index (κ3) is 4.21. The largest absolute Gasteiger partial charge is 0.312 e. The first-order chi connectivity index (χ1) is 13.6. The number of anilines is 1. The van der Waals surface area contributed by atoms with E-state index in [1.54, 1.807) is 0 Å². The van der Waals surface area contributed by atoms with E-state index in [2.05, 4.69) is 30.1 Å². The molecule has 7 nitrogen and oxygen atoms in total. The van der Waals surface area contributed by atoms with Gasteiger partial charge in [0.05, 0.1) is 10.5 Å². The summed E-state index contributed by atoms with van der Waals surface area (Å²) in [4.78, 5) is 16.3. The Kier molecular flexibility index (Phi) is 6.10. The zero-order valence-corrected chi connectivity index (χ0v) is 18.5. The molecule has 1 amide bonds. The first-order valence-corrected chi connectivity index (χ1v) is 11.5. The molecule has 1 aliphatic rings. The number of rotatable bonds is 5. The first-order valence-electron chi connectivity index (χ1n) is 9.27. The lowest BCUT2D eigenvalue weighted by molar-refractivity contribution is 0.102. The molecule has 2 heterocycles. The van der Waals surface area contributed by atoms with E-state index in [0.29, 0.717) is 22.2 Å². The molecule has 0 bridgehead atoms. The number of amides is 1. The van der Waals surface area contributed by atoms with E-state index in [1.807, 2.05) is 0 Å². The lowest BCUT2D eigenvalue weighted by atomic mass is 10.0. The van der Waals surface area contributed by atoms with Crippen molar-refractivity contribution in [3.05, 3.63) is 45.8 Å². The summed E-state index contributed by atoms with van der Waals surface area (Å²) in [5.41, 5.74) is 1.90. The Bertz CT molecular complexity index is 1060. The summed E-state index contributed by atoms with van der Waals surface area (Å²) in [5, 5.41) is 13.0. The number of carbonyl (C=O) groups excluding carboxylic acids is 1. The van der Waals surface area contributed by atoms with Crippen LogP contribution in [0.15, 0.2) is 29.2 Å². The molecular formula is C20H24N4O3S2. The van der Waals surface area contributed by atoms with Gasteiger partial charge in [-0.2, -0.15) is 5.26 Å². The quantitative estimate of drug-likeness (QED) is 0.784. The molecule has 1 aromatic carbocycles. The maximum atomic E-state index is 12.7. The molecule has 0 atom stereocenters. The molecule has 0 spiro atoms. The summed E-state index contributed by atoms with van der Waals surface area (Å²) in [6, 6.07) is 8.44. The standard InChI is InChI=1S/C20H24N4O3S2/c1-13(2)24-10-9-16-17(11-21)20(28-18(16)12-24)22-19(25)14-5-7-15(8-6-14)29(26,27)23(3)4/h5-8,13H,9-10,12H2,1-4H3,(H,22,25). The molecule has 0 saturated heterocycles. The molecule has 0 aliphatic carbocycles. The topological polar surface area (TPSA) is 93.5 Å². The van der Waals surface area contributed by atoms with E-state index in [-0.39, 0.29) is 10.8 Å². The number of fused-ring (bicyclic) bond motifs is 1. The van der Waals surface area contributed by atoms with Gasteiger partial charge in [0.25, 0.3) is 5.91 Å². The minimum absolute atomic E-state index is 0.122. The van der Waals surface area contributed by atoms with Gasteiger partial charge in [0.2, 0.25) is 10.0 Å². The van der Waals surface area contributed by atoms with Gasteiger partial charge in [-0.25, -0.2) is 12.7 Å². The normalized spacial score (nSPS) is 14.7. The molecule has 3 rings (SSSR count). The number of sulfonamides is 1. The highest BCUT2D eigenvalue weighted by Crippen LogP contribution is 2.37. The number of nitrogens with zero attached hydrogens (tertiary/aromatic N) is 3. The van der Waals surface area contributed by atoms with Gasteiger partial charge >= 0.3 is 0 Å². The zero-order valence-electron chi connectivity index (χ0n) is 16.9. The number of thiophene rings is 1. The Labute approximate surface area is 175 Å². The molecule has 0 fully saturated rings. The maximum absolute atomic E-state index is 12.7. The second kappa shape index (κ2) is 8.24. The Hall–Kier alpha value is -2.25. The van der Waals surface area contributed by atoms with E-state index in [1.165, 1.54) is 49.7 Å². The van der Waals surface area contributed by atoms with Gasteiger partial charge < -0.3 is 5.32 Å². The molecule has 2 aromatic rings. The maximum Gasteiger partial charge on any atom is 0.256 e. The van der Waals surface area contributed by atoms with Gasteiger partial charge in [-0.1, -0.05) is 0 Å². The molecule has 29 heavy (non-hydrogen) atoms. The van der Waals surface area contributed by atoms with Gasteiger partial charge in [0.15, 0.2) is 0 Å². The Balaban J connectivity index is 1.82. The Morgan fingerprint density at radius 3 is 2.48 bits per heavy atom. The highest BCUT2D eigenvalue weighted by molar-refractivity contribution is 7.89. The van der Waals surface area contributed by atoms with Crippen LogP contribution in [0.1, 0.15) is 40.2 Å². The van der Waals surface area contributed by atoms with Gasteiger partial charge in [0, 0.05) is 43.7 Å².